The van der Waals surface area contributed by atoms with Crippen LogP contribution in [0.3, 0.4) is 0 Å². The van der Waals surface area contributed by atoms with E-state index in [0.717, 1.165) is 24.7 Å². The Hall–Kier alpha value is -1.81. The Bertz CT molecular complexity index is 720. The fraction of sp³-hybridized carbons (Fsp3) is 0.400. The molecule has 1 unspecified atom stereocenters. The van der Waals surface area contributed by atoms with E-state index in [0.29, 0.717) is 24.6 Å². The van der Waals surface area contributed by atoms with E-state index in [9.17, 15) is 4.79 Å². The van der Waals surface area contributed by atoms with Crippen molar-refractivity contribution in [2.24, 2.45) is 10.9 Å². The summed E-state index contributed by atoms with van der Waals surface area (Å²) in [5.41, 5.74) is 0.612. The molecule has 0 aliphatic carbocycles. The minimum Gasteiger partial charge on any atom is -0.497 e. The van der Waals surface area contributed by atoms with Crippen molar-refractivity contribution >= 4 is 47.2 Å². The highest BCUT2D eigenvalue weighted by Gasteiger charge is 2.07. The molecule has 6 nitrogen and oxygen atoms in total. The molecule has 1 amide bonds. The number of ether oxygens (including phenoxy) is 1. The van der Waals surface area contributed by atoms with Gasteiger partial charge in [0.25, 0.3) is 5.91 Å². The molecule has 0 spiro atoms. The third kappa shape index (κ3) is 8.47. The number of halogens is 1. The van der Waals surface area contributed by atoms with E-state index >= 15 is 0 Å². The largest absolute Gasteiger partial charge is 0.497 e. The third-order valence-electron chi connectivity index (χ3n) is 4.03. The van der Waals surface area contributed by atoms with Crippen LogP contribution in [0.2, 0.25) is 0 Å². The average molecular weight is 516 g/mol. The smallest absolute Gasteiger partial charge is 0.251 e. The topological polar surface area (TPSA) is 74.8 Å². The zero-order chi connectivity index (χ0) is 19.5. The predicted octanol–water partition coefficient (Wildman–Crippen LogP) is 3.15. The molecule has 0 saturated carbocycles. The van der Waals surface area contributed by atoms with Crippen LogP contribution in [0.5, 0.6) is 5.75 Å². The number of nitrogens with zero attached hydrogens (tertiary/aromatic N) is 1. The maximum absolute atomic E-state index is 12.1. The second-order valence-electron chi connectivity index (χ2n) is 6.25. The first kappa shape index (κ1) is 24.2. The molecule has 1 aromatic carbocycles. The summed E-state index contributed by atoms with van der Waals surface area (Å²) in [6.07, 6.45) is 1.06. The van der Waals surface area contributed by atoms with Crippen LogP contribution in [0.1, 0.15) is 22.2 Å². The fourth-order valence-corrected chi connectivity index (χ4v) is 3.41. The van der Waals surface area contributed by atoms with E-state index < -0.39 is 0 Å². The molecule has 2 aromatic rings. The molecule has 8 heteroatoms. The molecule has 0 radical (unpaired) electrons. The second kappa shape index (κ2) is 13.4. The summed E-state index contributed by atoms with van der Waals surface area (Å²) in [7, 11) is 3.35. The van der Waals surface area contributed by atoms with Crippen LogP contribution in [0.15, 0.2) is 46.8 Å². The Morgan fingerprint density at radius 2 is 1.86 bits per heavy atom. The summed E-state index contributed by atoms with van der Waals surface area (Å²) in [5, 5.41) is 11.5. The molecular weight excluding hydrogens is 487 g/mol. The number of nitrogens with one attached hydrogen (secondary N) is 3. The van der Waals surface area contributed by atoms with Gasteiger partial charge in [-0.25, -0.2) is 0 Å². The molecule has 154 valence electrons. The number of guanidine groups is 1. The summed E-state index contributed by atoms with van der Waals surface area (Å²) in [4.78, 5) is 17.7. The summed E-state index contributed by atoms with van der Waals surface area (Å²) in [6, 6.07) is 11.3. The van der Waals surface area contributed by atoms with Crippen molar-refractivity contribution < 1.29 is 9.53 Å². The van der Waals surface area contributed by atoms with Crippen molar-refractivity contribution in [1.82, 2.24) is 16.0 Å². The Morgan fingerprint density at radius 3 is 2.46 bits per heavy atom. The molecule has 0 aliphatic heterocycles. The molecule has 28 heavy (non-hydrogen) atoms. The lowest BCUT2D eigenvalue weighted by atomic mass is 10.1. The van der Waals surface area contributed by atoms with Crippen LogP contribution in [0.4, 0.5) is 0 Å². The first-order valence-electron chi connectivity index (χ1n) is 9.01. The van der Waals surface area contributed by atoms with Gasteiger partial charge in [0.2, 0.25) is 0 Å². The molecular formula is C20H29IN4O2S. The number of amides is 1. The average Bonchev–Trinajstić information content (AvgIpc) is 3.20. The highest BCUT2D eigenvalue weighted by Crippen LogP contribution is 2.13. The number of benzene rings is 1. The van der Waals surface area contributed by atoms with Crippen LogP contribution >= 0.6 is 35.3 Å². The molecule has 0 aliphatic rings. The summed E-state index contributed by atoms with van der Waals surface area (Å²) < 4.78 is 5.09. The number of methoxy groups -OCH3 is 1. The minimum absolute atomic E-state index is 0. The quantitative estimate of drug-likeness (QED) is 0.207. The van der Waals surface area contributed by atoms with Crippen molar-refractivity contribution in [2.75, 3.05) is 33.8 Å². The fourth-order valence-electron chi connectivity index (χ4n) is 2.54. The maximum Gasteiger partial charge on any atom is 0.251 e. The monoisotopic (exact) mass is 516 g/mol. The van der Waals surface area contributed by atoms with Crippen LogP contribution in [-0.2, 0) is 6.42 Å². The summed E-state index contributed by atoms with van der Waals surface area (Å²) in [5.74, 6) is 1.88. The lowest BCUT2D eigenvalue weighted by molar-refractivity contribution is 0.0954. The van der Waals surface area contributed by atoms with Crippen molar-refractivity contribution in [1.29, 1.82) is 0 Å². The summed E-state index contributed by atoms with van der Waals surface area (Å²) >= 11 is 1.79. The molecule has 1 aromatic heterocycles. The molecule has 1 atom stereocenters. The number of carbonyl (C=O) groups is 1. The number of hydrogen-bond acceptors (Lipinski definition) is 4. The van der Waals surface area contributed by atoms with E-state index in [4.69, 9.17) is 4.74 Å². The molecule has 3 N–H and O–H groups in total. The summed E-state index contributed by atoms with van der Waals surface area (Å²) in [6.45, 7) is 4.17. The van der Waals surface area contributed by atoms with Crippen LogP contribution in [0.25, 0.3) is 0 Å². The van der Waals surface area contributed by atoms with Crippen molar-refractivity contribution in [3.8, 4) is 5.75 Å². The van der Waals surface area contributed by atoms with E-state index in [1.54, 1.807) is 49.8 Å². The van der Waals surface area contributed by atoms with E-state index in [1.165, 1.54) is 4.88 Å². The Labute approximate surface area is 188 Å². The van der Waals surface area contributed by atoms with Gasteiger partial charge < -0.3 is 20.7 Å². The number of thiophene rings is 1. The standard InChI is InChI=1S/C20H28N4O2S.HI/c1-15(13-18-5-4-12-27-18)14-24-20(21-2)23-11-10-22-19(25)16-6-8-17(26-3)9-7-16;/h4-9,12,15H,10-11,13-14H2,1-3H3,(H,22,25)(H2,21,23,24);1H. The van der Waals surface area contributed by atoms with Crippen molar-refractivity contribution in [3.63, 3.8) is 0 Å². The van der Waals surface area contributed by atoms with Gasteiger partial charge in [0.05, 0.1) is 7.11 Å². The van der Waals surface area contributed by atoms with Gasteiger partial charge in [0, 0.05) is 37.1 Å². The van der Waals surface area contributed by atoms with Crippen LogP contribution in [-0.4, -0.2) is 45.7 Å². The van der Waals surface area contributed by atoms with Gasteiger partial charge in [-0.3, -0.25) is 9.79 Å². The lowest BCUT2D eigenvalue weighted by Gasteiger charge is -2.16. The van der Waals surface area contributed by atoms with Gasteiger partial charge in [-0.05, 0) is 48.1 Å². The minimum atomic E-state index is -0.105. The third-order valence-corrected chi connectivity index (χ3v) is 4.93. The van der Waals surface area contributed by atoms with Gasteiger partial charge >= 0.3 is 0 Å². The molecule has 0 bridgehead atoms. The Morgan fingerprint density at radius 1 is 1.14 bits per heavy atom. The first-order valence-corrected chi connectivity index (χ1v) is 9.89. The van der Waals surface area contributed by atoms with Crippen LogP contribution < -0.4 is 20.7 Å². The van der Waals surface area contributed by atoms with E-state index in [2.05, 4.69) is 45.4 Å². The normalized spacial score (nSPS) is 11.9. The number of aliphatic imine (C=N–C) groups is 1. The Kier molecular flexibility index (Phi) is 11.6. The Balaban J connectivity index is 0.00000392. The number of hydrogen-bond donors (Lipinski definition) is 3. The van der Waals surface area contributed by atoms with E-state index in [1.807, 2.05) is 0 Å². The second-order valence-corrected chi connectivity index (χ2v) is 7.29. The highest BCUT2D eigenvalue weighted by atomic mass is 127. The molecule has 0 fully saturated rings. The number of rotatable bonds is 9. The van der Waals surface area contributed by atoms with Crippen molar-refractivity contribution in [3.05, 3.63) is 52.2 Å². The SMILES string of the molecule is CN=C(NCCNC(=O)c1ccc(OC)cc1)NCC(C)Cc1cccs1.I. The zero-order valence-electron chi connectivity index (χ0n) is 16.5. The molecule has 0 saturated heterocycles. The number of carbonyl (C=O) groups excluding carboxylic acids is 1. The first-order chi connectivity index (χ1) is 13.1. The van der Waals surface area contributed by atoms with Crippen LogP contribution in [0, 0.1) is 5.92 Å². The van der Waals surface area contributed by atoms with Gasteiger partial charge in [0.1, 0.15) is 5.75 Å². The van der Waals surface area contributed by atoms with Gasteiger partial charge in [0.15, 0.2) is 5.96 Å². The van der Waals surface area contributed by atoms with Gasteiger partial charge in [-0.15, -0.1) is 35.3 Å². The highest BCUT2D eigenvalue weighted by molar-refractivity contribution is 14.0. The lowest BCUT2D eigenvalue weighted by Crippen LogP contribution is -2.43. The predicted molar refractivity (Wildman–Crippen MR) is 127 cm³/mol. The van der Waals surface area contributed by atoms with Crippen molar-refractivity contribution in [2.45, 2.75) is 13.3 Å². The molecule has 2 rings (SSSR count). The van der Waals surface area contributed by atoms with E-state index in [-0.39, 0.29) is 29.9 Å². The maximum atomic E-state index is 12.1. The zero-order valence-corrected chi connectivity index (χ0v) is 19.7. The van der Waals surface area contributed by atoms with Gasteiger partial charge in [-0.2, -0.15) is 0 Å². The molecule has 1 heterocycles. The van der Waals surface area contributed by atoms with Gasteiger partial charge in [-0.1, -0.05) is 13.0 Å².